The van der Waals surface area contributed by atoms with E-state index in [0.29, 0.717) is 0 Å². The summed E-state index contributed by atoms with van der Waals surface area (Å²) in [5.74, 6) is 2.07. The molecular formula is C15H23N3. The zero-order valence-electron chi connectivity index (χ0n) is 11.3. The van der Waals surface area contributed by atoms with Gasteiger partial charge in [-0.05, 0) is 37.8 Å². The molecule has 1 fully saturated rings. The number of likely N-dealkylation sites (tertiary alicyclic amines) is 1. The largest absolute Gasteiger partial charge is 0.360 e. The van der Waals surface area contributed by atoms with E-state index in [-0.39, 0.29) is 0 Å². The van der Waals surface area contributed by atoms with E-state index in [9.17, 15) is 0 Å². The van der Waals surface area contributed by atoms with E-state index in [1.165, 1.54) is 37.9 Å². The van der Waals surface area contributed by atoms with Crippen molar-refractivity contribution in [2.24, 2.45) is 4.99 Å². The van der Waals surface area contributed by atoms with Crippen molar-refractivity contribution in [1.29, 1.82) is 0 Å². The number of piperidine rings is 1. The lowest BCUT2D eigenvalue weighted by Gasteiger charge is -2.29. The number of aromatic nitrogens is 1. The average molecular weight is 245 g/mol. The van der Waals surface area contributed by atoms with E-state index >= 15 is 0 Å². The van der Waals surface area contributed by atoms with Crippen LogP contribution in [0.1, 0.15) is 45.4 Å². The van der Waals surface area contributed by atoms with E-state index in [0.717, 1.165) is 25.3 Å². The van der Waals surface area contributed by atoms with Gasteiger partial charge in [0.15, 0.2) is 5.82 Å². The molecule has 1 saturated heterocycles. The molecule has 0 spiro atoms. The molecular weight excluding hydrogens is 222 g/mol. The molecule has 3 heteroatoms. The number of hydrogen-bond donors (Lipinski definition) is 0. The lowest BCUT2D eigenvalue weighted by molar-refractivity contribution is 0.335. The molecule has 98 valence electrons. The Labute approximate surface area is 110 Å². The molecule has 1 aliphatic heterocycles. The van der Waals surface area contributed by atoms with Crippen molar-refractivity contribution in [3.8, 4) is 0 Å². The van der Waals surface area contributed by atoms with Crippen LogP contribution in [0, 0.1) is 0 Å². The minimum atomic E-state index is 0.842. The Hall–Kier alpha value is -1.38. The minimum Gasteiger partial charge on any atom is -0.360 e. The van der Waals surface area contributed by atoms with Crippen molar-refractivity contribution in [3.63, 3.8) is 0 Å². The van der Waals surface area contributed by atoms with Crippen molar-refractivity contribution in [3.05, 3.63) is 24.4 Å². The average Bonchev–Trinajstić information content (AvgIpc) is 2.45. The summed E-state index contributed by atoms with van der Waals surface area (Å²) in [6.07, 6.45) is 9.28. The topological polar surface area (TPSA) is 28.5 Å². The maximum Gasteiger partial charge on any atom is 0.153 e. The Bertz CT molecular complexity index is 367. The summed E-state index contributed by atoms with van der Waals surface area (Å²) < 4.78 is 0. The molecule has 0 saturated carbocycles. The Balaban J connectivity index is 2.10. The monoisotopic (exact) mass is 245 g/mol. The van der Waals surface area contributed by atoms with E-state index in [4.69, 9.17) is 4.99 Å². The number of aliphatic imine (C=N–C) groups is 1. The summed E-state index contributed by atoms with van der Waals surface area (Å²) in [7, 11) is 0. The van der Waals surface area contributed by atoms with Gasteiger partial charge in [-0.1, -0.05) is 19.4 Å². The van der Waals surface area contributed by atoms with Gasteiger partial charge in [0, 0.05) is 25.7 Å². The molecule has 1 aliphatic rings. The normalized spacial score (nSPS) is 16.9. The standard InChI is InChI=1S/C15H23N3/c1-2-3-10-15(18-12-7-4-8-13-18)17-14-9-5-6-11-16-14/h5-6,9,11H,2-4,7-8,10,12-13H2,1H3/b17-15-. The van der Waals surface area contributed by atoms with Crippen LogP contribution >= 0.6 is 0 Å². The fourth-order valence-corrected chi connectivity index (χ4v) is 2.32. The zero-order chi connectivity index (χ0) is 12.6. The lowest BCUT2D eigenvalue weighted by atomic mass is 10.1. The first kappa shape index (κ1) is 13.1. The molecule has 2 rings (SSSR count). The van der Waals surface area contributed by atoms with Crippen LogP contribution in [0.4, 0.5) is 5.82 Å². The highest BCUT2D eigenvalue weighted by atomic mass is 15.2. The van der Waals surface area contributed by atoms with Gasteiger partial charge in [0.1, 0.15) is 5.84 Å². The third-order valence-electron chi connectivity index (χ3n) is 3.37. The molecule has 0 aliphatic carbocycles. The number of amidine groups is 1. The van der Waals surface area contributed by atoms with E-state index < -0.39 is 0 Å². The van der Waals surface area contributed by atoms with Crippen molar-refractivity contribution in [1.82, 2.24) is 9.88 Å². The Morgan fingerprint density at radius 1 is 1.28 bits per heavy atom. The van der Waals surface area contributed by atoms with Gasteiger partial charge in [0.2, 0.25) is 0 Å². The van der Waals surface area contributed by atoms with Crippen LogP contribution in [0.2, 0.25) is 0 Å². The third kappa shape index (κ3) is 3.83. The van der Waals surface area contributed by atoms with Crippen molar-refractivity contribution in [2.75, 3.05) is 13.1 Å². The molecule has 0 atom stereocenters. The molecule has 0 unspecified atom stereocenters. The molecule has 3 nitrogen and oxygen atoms in total. The molecule has 0 amide bonds. The summed E-state index contributed by atoms with van der Waals surface area (Å²) in [5.41, 5.74) is 0. The van der Waals surface area contributed by atoms with Gasteiger partial charge in [-0.3, -0.25) is 0 Å². The predicted molar refractivity (Wildman–Crippen MR) is 76.3 cm³/mol. The number of pyridine rings is 1. The molecule has 1 aromatic heterocycles. The third-order valence-corrected chi connectivity index (χ3v) is 3.37. The first-order valence-corrected chi connectivity index (χ1v) is 7.13. The number of nitrogens with zero attached hydrogens (tertiary/aromatic N) is 3. The molecule has 18 heavy (non-hydrogen) atoms. The van der Waals surface area contributed by atoms with Crippen LogP contribution in [0.5, 0.6) is 0 Å². The predicted octanol–water partition coefficient (Wildman–Crippen LogP) is 3.79. The molecule has 2 heterocycles. The van der Waals surface area contributed by atoms with Crippen LogP contribution in [0.25, 0.3) is 0 Å². The van der Waals surface area contributed by atoms with E-state index in [2.05, 4.69) is 16.8 Å². The minimum absolute atomic E-state index is 0.842. The maximum absolute atomic E-state index is 4.75. The maximum atomic E-state index is 4.75. The highest BCUT2D eigenvalue weighted by Gasteiger charge is 2.14. The fourth-order valence-electron chi connectivity index (χ4n) is 2.32. The fraction of sp³-hybridized carbons (Fsp3) is 0.600. The number of unbranched alkanes of at least 4 members (excludes halogenated alkanes) is 1. The van der Waals surface area contributed by atoms with Crippen LogP contribution in [-0.4, -0.2) is 28.8 Å². The highest BCUT2D eigenvalue weighted by Crippen LogP contribution is 2.16. The van der Waals surface area contributed by atoms with Gasteiger partial charge in [-0.15, -0.1) is 0 Å². The lowest BCUT2D eigenvalue weighted by Crippen LogP contribution is -2.35. The summed E-state index contributed by atoms with van der Waals surface area (Å²) >= 11 is 0. The Morgan fingerprint density at radius 2 is 2.11 bits per heavy atom. The first-order chi connectivity index (χ1) is 8.90. The molecule has 0 radical (unpaired) electrons. The number of hydrogen-bond acceptors (Lipinski definition) is 2. The van der Waals surface area contributed by atoms with Gasteiger partial charge in [0.05, 0.1) is 0 Å². The molecule has 0 bridgehead atoms. The zero-order valence-corrected chi connectivity index (χ0v) is 11.3. The van der Waals surface area contributed by atoms with Crippen LogP contribution in [0.3, 0.4) is 0 Å². The van der Waals surface area contributed by atoms with Crippen molar-refractivity contribution < 1.29 is 0 Å². The molecule has 0 N–H and O–H groups in total. The number of rotatable bonds is 4. The van der Waals surface area contributed by atoms with Gasteiger partial charge in [0.25, 0.3) is 0 Å². The van der Waals surface area contributed by atoms with Crippen LogP contribution < -0.4 is 0 Å². The molecule has 1 aromatic rings. The van der Waals surface area contributed by atoms with E-state index in [1.807, 2.05) is 24.4 Å². The molecule has 0 aromatic carbocycles. The first-order valence-electron chi connectivity index (χ1n) is 7.13. The quantitative estimate of drug-likeness (QED) is 0.596. The summed E-state index contributed by atoms with van der Waals surface area (Å²) in [6, 6.07) is 5.92. The highest BCUT2D eigenvalue weighted by molar-refractivity contribution is 5.84. The van der Waals surface area contributed by atoms with Gasteiger partial charge < -0.3 is 4.90 Å². The van der Waals surface area contributed by atoms with Crippen LogP contribution in [-0.2, 0) is 0 Å². The van der Waals surface area contributed by atoms with Gasteiger partial charge in [-0.2, -0.15) is 0 Å². The SMILES string of the molecule is CCCC/C(=N/c1ccccn1)N1CCCCC1. The van der Waals surface area contributed by atoms with E-state index in [1.54, 1.807) is 0 Å². The van der Waals surface area contributed by atoms with Crippen molar-refractivity contribution >= 4 is 11.7 Å². The summed E-state index contributed by atoms with van der Waals surface area (Å²) in [5, 5.41) is 0. The second-order valence-corrected chi connectivity index (χ2v) is 4.87. The van der Waals surface area contributed by atoms with Crippen molar-refractivity contribution in [2.45, 2.75) is 45.4 Å². The Kier molecular flexibility index (Phi) is 5.18. The second kappa shape index (κ2) is 7.14. The second-order valence-electron chi connectivity index (χ2n) is 4.87. The van der Waals surface area contributed by atoms with Gasteiger partial charge in [-0.25, -0.2) is 9.98 Å². The summed E-state index contributed by atoms with van der Waals surface area (Å²) in [4.78, 5) is 11.5. The summed E-state index contributed by atoms with van der Waals surface area (Å²) in [6.45, 7) is 4.55. The van der Waals surface area contributed by atoms with Crippen LogP contribution in [0.15, 0.2) is 29.4 Å². The Morgan fingerprint density at radius 3 is 2.78 bits per heavy atom. The van der Waals surface area contributed by atoms with Gasteiger partial charge >= 0.3 is 0 Å². The smallest absolute Gasteiger partial charge is 0.153 e.